The van der Waals surface area contributed by atoms with Crippen molar-refractivity contribution in [2.75, 3.05) is 59.6 Å². The molecule has 2 heterocycles. The highest BCUT2D eigenvalue weighted by atomic mass is 127. The molecule has 0 bridgehead atoms. The number of carbonyl (C=O) groups is 1. The van der Waals surface area contributed by atoms with E-state index in [-0.39, 0.29) is 36.4 Å². The number of rotatable bonds is 8. The fourth-order valence-electron chi connectivity index (χ4n) is 3.32. The lowest BCUT2D eigenvalue weighted by molar-refractivity contribution is -0.128. The average molecular weight is 482 g/mol. The summed E-state index contributed by atoms with van der Waals surface area (Å²) in [6.45, 7) is 8.23. The first kappa shape index (κ1) is 23.4. The molecule has 152 valence electrons. The SMILES string of the molecule is CCNC(=NCC(=O)N1CCCC1)N1CCC(OCCCOC)CC1.I. The van der Waals surface area contributed by atoms with Crippen LogP contribution in [0.25, 0.3) is 0 Å². The van der Waals surface area contributed by atoms with E-state index in [0.717, 1.165) is 84.0 Å². The third-order valence-corrected chi connectivity index (χ3v) is 4.75. The fourth-order valence-corrected chi connectivity index (χ4v) is 3.32. The van der Waals surface area contributed by atoms with Gasteiger partial charge in [0.15, 0.2) is 5.96 Å². The average Bonchev–Trinajstić information content (AvgIpc) is 3.17. The van der Waals surface area contributed by atoms with Crippen molar-refractivity contribution >= 4 is 35.8 Å². The van der Waals surface area contributed by atoms with E-state index in [9.17, 15) is 4.79 Å². The van der Waals surface area contributed by atoms with Crippen LogP contribution in [0.2, 0.25) is 0 Å². The normalized spacial score (nSPS) is 18.8. The number of nitrogens with one attached hydrogen (secondary N) is 1. The Labute approximate surface area is 174 Å². The summed E-state index contributed by atoms with van der Waals surface area (Å²) in [6, 6.07) is 0. The number of hydrogen-bond donors (Lipinski definition) is 1. The van der Waals surface area contributed by atoms with E-state index in [1.165, 1.54) is 0 Å². The quantitative estimate of drug-likeness (QED) is 0.247. The molecule has 1 amide bonds. The highest BCUT2D eigenvalue weighted by molar-refractivity contribution is 14.0. The molecule has 2 aliphatic heterocycles. The Kier molecular flexibility index (Phi) is 12.2. The van der Waals surface area contributed by atoms with E-state index >= 15 is 0 Å². The van der Waals surface area contributed by atoms with Crippen LogP contribution in [-0.4, -0.2) is 87.4 Å². The maximum Gasteiger partial charge on any atom is 0.244 e. The van der Waals surface area contributed by atoms with Gasteiger partial charge in [0.05, 0.1) is 6.10 Å². The largest absolute Gasteiger partial charge is 0.385 e. The second kappa shape index (κ2) is 13.5. The zero-order chi connectivity index (χ0) is 17.9. The summed E-state index contributed by atoms with van der Waals surface area (Å²) in [5, 5.41) is 3.32. The standard InChI is InChI=1S/C18H34N4O3.HI/c1-3-19-18(20-15-17(23)21-9-4-5-10-21)22-11-7-16(8-12-22)25-14-6-13-24-2;/h16H,3-15H2,1-2H3,(H,19,20);1H. The van der Waals surface area contributed by atoms with Crippen molar-refractivity contribution in [2.24, 2.45) is 4.99 Å². The topological polar surface area (TPSA) is 66.4 Å². The molecule has 7 nitrogen and oxygen atoms in total. The van der Waals surface area contributed by atoms with Crippen molar-refractivity contribution in [3.8, 4) is 0 Å². The number of ether oxygens (including phenoxy) is 2. The van der Waals surface area contributed by atoms with Crippen molar-refractivity contribution in [3.05, 3.63) is 0 Å². The molecule has 2 aliphatic rings. The van der Waals surface area contributed by atoms with Crippen molar-refractivity contribution in [2.45, 2.75) is 45.1 Å². The smallest absolute Gasteiger partial charge is 0.244 e. The van der Waals surface area contributed by atoms with Gasteiger partial charge in [-0.05, 0) is 39.0 Å². The summed E-state index contributed by atoms with van der Waals surface area (Å²) in [4.78, 5) is 20.9. The molecule has 0 spiro atoms. The number of nitrogens with zero attached hydrogens (tertiary/aromatic N) is 3. The van der Waals surface area contributed by atoms with Gasteiger partial charge in [0.2, 0.25) is 5.91 Å². The molecule has 0 aromatic rings. The van der Waals surface area contributed by atoms with Crippen molar-refractivity contribution in [1.29, 1.82) is 0 Å². The summed E-state index contributed by atoms with van der Waals surface area (Å²) in [5.74, 6) is 0.997. The number of methoxy groups -OCH3 is 1. The van der Waals surface area contributed by atoms with Gasteiger partial charge in [0.25, 0.3) is 0 Å². The van der Waals surface area contributed by atoms with Crippen LogP contribution in [0, 0.1) is 0 Å². The first-order chi connectivity index (χ1) is 12.2. The zero-order valence-electron chi connectivity index (χ0n) is 16.2. The molecular weight excluding hydrogens is 447 g/mol. The summed E-state index contributed by atoms with van der Waals surface area (Å²) in [5.41, 5.74) is 0. The number of likely N-dealkylation sites (tertiary alicyclic amines) is 2. The predicted octanol–water partition coefficient (Wildman–Crippen LogP) is 1.71. The predicted molar refractivity (Wildman–Crippen MR) is 114 cm³/mol. The van der Waals surface area contributed by atoms with E-state index in [0.29, 0.717) is 6.10 Å². The summed E-state index contributed by atoms with van der Waals surface area (Å²) >= 11 is 0. The first-order valence-electron chi connectivity index (χ1n) is 9.66. The molecule has 2 rings (SSSR count). The number of guanidine groups is 1. The van der Waals surface area contributed by atoms with Crippen LogP contribution >= 0.6 is 24.0 Å². The van der Waals surface area contributed by atoms with Crippen LogP contribution in [0.4, 0.5) is 0 Å². The molecule has 0 aromatic carbocycles. The Morgan fingerprint density at radius 1 is 1.12 bits per heavy atom. The molecule has 0 saturated carbocycles. The maximum atomic E-state index is 12.2. The highest BCUT2D eigenvalue weighted by Crippen LogP contribution is 2.14. The van der Waals surface area contributed by atoms with Crippen LogP contribution in [0.3, 0.4) is 0 Å². The molecule has 2 saturated heterocycles. The van der Waals surface area contributed by atoms with Gasteiger partial charge in [-0.3, -0.25) is 4.79 Å². The van der Waals surface area contributed by atoms with Crippen molar-refractivity contribution < 1.29 is 14.3 Å². The Morgan fingerprint density at radius 3 is 2.42 bits per heavy atom. The van der Waals surface area contributed by atoms with Crippen molar-refractivity contribution in [1.82, 2.24) is 15.1 Å². The molecule has 26 heavy (non-hydrogen) atoms. The number of halogens is 1. The Bertz CT molecular complexity index is 423. The van der Waals surface area contributed by atoms with Gasteiger partial charge < -0.3 is 24.6 Å². The minimum absolute atomic E-state index is 0. The maximum absolute atomic E-state index is 12.2. The zero-order valence-corrected chi connectivity index (χ0v) is 18.6. The van der Waals surface area contributed by atoms with E-state index in [1.54, 1.807) is 7.11 Å². The fraction of sp³-hybridized carbons (Fsp3) is 0.889. The third kappa shape index (κ3) is 7.96. The summed E-state index contributed by atoms with van der Waals surface area (Å²) in [6.07, 6.45) is 5.50. The Balaban J connectivity index is 0.00000338. The van der Waals surface area contributed by atoms with E-state index in [1.807, 2.05) is 4.90 Å². The van der Waals surface area contributed by atoms with Crippen LogP contribution in [0.5, 0.6) is 0 Å². The van der Waals surface area contributed by atoms with Crippen LogP contribution in [0.1, 0.15) is 39.0 Å². The molecule has 0 unspecified atom stereocenters. The van der Waals surface area contributed by atoms with Gasteiger partial charge in [-0.15, -0.1) is 24.0 Å². The second-order valence-electron chi connectivity index (χ2n) is 6.66. The lowest BCUT2D eigenvalue weighted by atomic mass is 10.1. The first-order valence-corrected chi connectivity index (χ1v) is 9.66. The van der Waals surface area contributed by atoms with E-state index < -0.39 is 0 Å². The summed E-state index contributed by atoms with van der Waals surface area (Å²) < 4.78 is 11.0. The molecule has 8 heteroatoms. The Morgan fingerprint density at radius 2 is 1.81 bits per heavy atom. The second-order valence-corrected chi connectivity index (χ2v) is 6.66. The van der Waals surface area contributed by atoms with Gasteiger partial charge >= 0.3 is 0 Å². The van der Waals surface area contributed by atoms with E-state index in [4.69, 9.17) is 9.47 Å². The molecule has 1 N–H and O–H groups in total. The van der Waals surface area contributed by atoms with Gasteiger partial charge in [0.1, 0.15) is 6.54 Å². The monoisotopic (exact) mass is 482 g/mol. The highest BCUT2D eigenvalue weighted by Gasteiger charge is 2.23. The van der Waals surface area contributed by atoms with Crippen LogP contribution in [0.15, 0.2) is 4.99 Å². The minimum Gasteiger partial charge on any atom is -0.385 e. The number of carbonyl (C=O) groups excluding carboxylic acids is 1. The van der Waals surface area contributed by atoms with Crippen molar-refractivity contribution in [3.63, 3.8) is 0 Å². The molecule has 0 atom stereocenters. The number of amides is 1. The number of hydrogen-bond acceptors (Lipinski definition) is 4. The molecule has 0 aromatic heterocycles. The number of piperidine rings is 1. The third-order valence-electron chi connectivity index (χ3n) is 4.75. The Hall–Kier alpha value is -0.610. The lowest BCUT2D eigenvalue weighted by Crippen LogP contribution is -2.47. The number of aliphatic imine (C=N–C) groups is 1. The van der Waals surface area contributed by atoms with Gasteiger partial charge in [-0.1, -0.05) is 0 Å². The minimum atomic E-state index is 0. The van der Waals surface area contributed by atoms with Crippen LogP contribution < -0.4 is 5.32 Å². The summed E-state index contributed by atoms with van der Waals surface area (Å²) in [7, 11) is 1.72. The molecular formula is C18H35IN4O3. The van der Waals surface area contributed by atoms with Gasteiger partial charge in [-0.2, -0.15) is 0 Å². The lowest BCUT2D eigenvalue weighted by Gasteiger charge is -2.34. The van der Waals surface area contributed by atoms with E-state index in [2.05, 4.69) is 22.1 Å². The van der Waals surface area contributed by atoms with Gasteiger partial charge in [0, 0.05) is 53.0 Å². The molecule has 0 radical (unpaired) electrons. The van der Waals surface area contributed by atoms with Gasteiger partial charge in [-0.25, -0.2) is 4.99 Å². The van der Waals surface area contributed by atoms with Crippen LogP contribution in [-0.2, 0) is 14.3 Å². The molecule has 0 aliphatic carbocycles. The molecule has 2 fully saturated rings.